The largest absolute Gasteiger partial charge is 0.516 e. The second-order valence-corrected chi connectivity index (χ2v) is 12.1. The first-order valence-electron chi connectivity index (χ1n) is 15.9. The van der Waals surface area contributed by atoms with E-state index in [4.69, 9.17) is 26.1 Å². The normalized spacial score (nSPS) is 14.3. The van der Waals surface area contributed by atoms with Crippen molar-refractivity contribution in [2.45, 2.75) is 57.0 Å². The van der Waals surface area contributed by atoms with Crippen LogP contribution >= 0.6 is 12.2 Å². The lowest BCUT2D eigenvalue weighted by Gasteiger charge is -2.22. The lowest BCUT2D eigenvalue weighted by atomic mass is 9.88. The van der Waals surface area contributed by atoms with Crippen molar-refractivity contribution in [1.29, 1.82) is 0 Å². The van der Waals surface area contributed by atoms with Gasteiger partial charge < -0.3 is 28.8 Å². The molecule has 1 aliphatic rings. The smallest absolute Gasteiger partial charge is 0.507 e. The number of halogens is 6. The molecule has 4 rings (SSSR count). The van der Waals surface area contributed by atoms with Gasteiger partial charge >= 0.3 is 24.5 Å². The molecule has 282 valence electrons. The van der Waals surface area contributed by atoms with Crippen molar-refractivity contribution >= 4 is 41.2 Å². The average Bonchev–Trinajstić information content (AvgIpc) is 3.10. The van der Waals surface area contributed by atoms with Crippen molar-refractivity contribution in [3.63, 3.8) is 0 Å². The van der Waals surface area contributed by atoms with Crippen LogP contribution in [-0.4, -0.2) is 46.9 Å². The first-order valence-corrected chi connectivity index (χ1v) is 16.3. The van der Waals surface area contributed by atoms with Crippen LogP contribution in [0.2, 0.25) is 0 Å². The van der Waals surface area contributed by atoms with Crippen molar-refractivity contribution in [3.8, 4) is 17.4 Å². The molecule has 0 saturated carbocycles. The minimum atomic E-state index is -5.19. The van der Waals surface area contributed by atoms with E-state index in [0.29, 0.717) is 17.4 Å². The van der Waals surface area contributed by atoms with Crippen LogP contribution in [0.5, 0.6) is 17.4 Å². The molecule has 0 fully saturated rings. The van der Waals surface area contributed by atoms with Crippen LogP contribution in [0.3, 0.4) is 0 Å². The van der Waals surface area contributed by atoms with E-state index >= 15 is 0 Å². The highest BCUT2D eigenvalue weighted by atomic mass is 32.1. The van der Waals surface area contributed by atoms with E-state index in [1.165, 1.54) is 36.4 Å². The van der Waals surface area contributed by atoms with E-state index in [0.717, 1.165) is 31.4 Å². The number of hydrogen-bond acceptors (Lipinski definition) is 10. The van der Waals surface area contributed by atoms with Crippen molar-refractivity contribution in [3.05, 3.63) is 109 Å². The van der Waals surface area contributed by atoms with E-state index in [-0.39, 0.29) is 53.4 Å². The Morgan fingerprint density at radius 1 is 1.09 bits per heavy atom. The Morgan fingerprint density at radius 2 is 1.83 bits per heavy atom. The molecule has 0 radical (unpaired) electrons. The number of phenols is 1. The fraction of sp³-hybridized carbons (Fsp3) is 0.297. The second-order valence-electron chi connectivity index (χ2n) is 11.5. The molecule has 0 saturated heterocycles. The van der Waals surface area contributed by atoms with Crippen LogP contribution in [0.15, 0.2) is 69.9 Å². The molecule has 0 bridgehead atoms. The summed E-state index contributed by atoms with van der Waals surface area (Å²) in [5, 5.41) is 22.0. The summed E-state index contributed by atoms with van der Waals surface area (Å²) < 4.78 is 101. The third-order valence-corrected chi connectivity index (χ3v) is 8.18. The zero-order chi connectivity index (χ0) is 39.1. The van der Waals surface area contributed by atoms with Crippen LogP contribution in [-0.2, 0) is 17.3 Å². The first-order chi connectivity index (χ1) is 25.0. The first kappa shape index (κ1) is 40.5. The number of aliphatic hydroxyl groups excluding tert-OH is 1. The van der Waals surface area contributed by atoms with E-state index < -0.39 is 70.1 Å². The Hall–Kier alpha value is -5.22. The summed E-state index contributed by atoms with van der Waals surface area (Å²) in [4.78, 5) is 38.2. The highest BCUT2D eigenvalue weighted by Crippen LogP contribution is 2.38. The van der Waals surface area contributed by atoms with Gasteiger partial charge in [0.25, 0.3) is 5.78 Å². The number of carbonyl (C=O) groups excluding carboxylic acids is 2. The highest BCUT2D eigenvalue weighted by molar-refractivity contribution is 7.81. The van der Waals surface area contributed by atoms with Gasteiger partial charge in [-0.2, -0.15) is 26.3 Å². The van der Waals surface area contributed by atoms with Gasteiger partial charge in [0, 0.05) is 22.8 Å². The number of hydrogen-bond donors (Lipinski definition) is 2. The molecule has 9 nitrogen and oxygen atoms in total. The predicted molar refractivity (Wildman–Crippen MR) is 183 cm³/mol. The standard InChI is InChI=1S/C37H32F6O9S/c1-3-9-23-27(16-15-26(31(23)45)33(47)37(41,42)43)50-17-7-5-4-6-12-25(30(44)20-10-8-11-21(18-20)36(38,39)40)29-32(46)24-14-13-22(53)19-28(24)51-34(29)52-35(48)49-2/h4-6,8,10-12,14-16,18-19,25,30,44-45H,3,7,9,13,17H2,1-2H3/b5-4-,12-6+/t25-,30-/m0/s1. The SMILES string of the molecule is CCCc1c(OCC/C=C\C=C\[C@@H](c2c(OC(=O)OC)oc3c(c2=O)=CCC(=S)C=3)[C@@H](O)c2cccc(C(F)(F)F)c2)ccc(C(=O)C(F)(F)F)c1O. The van der Waals surface area contributed by atoms with Crippen molar-refractivity contribution in [1.82, 2.24) is 0 Å². The van der Waals surface area contributed by atoms with Crippen LogP contribution in [0, 0.1) is 0 Å². The van der Waals surface area contributed by atoms with E-state index in [1.807, 2.05) is 0 Å². The maximum Gasteiger partial charge on any atom is 0.516 e. The highest BCUT2D eigenvalue weighted by Gasteiger charge is 2.41. The van der Waals surface area contributed by atoms with Gasteiger partial charge in [0.1, 0.15) is 16.9 Å². The third-order valence-electron chi connectivity index (χ3n) is 7.90. The number of phenolic OH excluding ortho intramolecular Hbond substituents is 1. The van der Waals surface area contributed by atoms with Gasteiger partial charge in [0.2, 0.25) is 0 Å². The summed E-state index contributed by atoms with van der Waals surface area (Å²) in [5.74, 6) is -5.08. The van der Waals surface area contributed by atoms with Gasteiger partial charge in [0.05, 0.1) is 41.7 Å². The van der Waals surface area contributed by atoms with Gasteiger partial charge in [0.15, 0.2) is 5.43 Å². The second kappa shape index (κ2) is 17.1. The Kier molecular flexibility index (Phi) is 13.1. The lowest BCUT2D eigenvalue weighted by molar-refractivity contribution is -0.137. The molecule has 16 heteroatoms. The van der Waals surface area contributed by atoms with Gasteiger partial charge in [-0.3, -0.25) is 9.59 Å². The zero-order valence-electron chi connectivity index (χ0n) is 28.0. The number of ether oxygens (including phenoxy) is 3. The quantitative estimate of drug-likeness (QED) is 0.0471. The minimum Gasteiger partial charge on any atom is -0.507 e. The number of ketones is 1. The Balaban J connectivity index is 1.67. The number of methoxy groups -OCH3 is 1. The minimum absolute atomic E-state index is 0.0254. The fourth-order valence-electron chi connectivity index (χ4n) is 5.39. The Bertz CT molecular complexity index is 2120. The molecule has 1 aliphatic carbocycles. The maximum atomic E-state index is 13.9. The molecular formula is C37H32F6O9S. The number of alkyl halides is 6. The van der Waals surface area contributed by atoms with E-state index in [2.05, 4.69) is 4.74 Å². The van der Waals surface area contributed by atoms with Crippen LogP contribution < -0.4 is 25.5 Å². The number of aliphatic hydroxyl groups is 1. The lowest BCUT2D eigenvalue weighted by Crippen LogP contribution is -2.44. The number of thiocarbonyl (C=S) groups is 1. The van der Waals surface area contributed by atoms with Crippen LogP contribution in [0.25, 0.3) is 12.2 Å². The summed E-state index contributed by atoms with van der Waals surface area (Å²) in [6.07, 6.45) is -3.58. The number of carbonyl (C=O) groups is 2. The van der Waals surface area contributed by atoms with Gasteiger partial charge in [-0.25, -0.2) is 4.79 Å². The van der Waals surface area contributed by atoms with E-state index in [9.17, 15) is 50.9 Å². The van der Waals surface area contributed by atoms with Gasteiger partial charge in [-0.1, -0.05) is 68.1 Å². The number of benzene rings is 2. The molecule has 53 heavy (non-hydrogen) atoms. The van der Waals surface area contributed by atoms with Crippen molar-refractivity contribution in [2.24, 2.45) is 0 Å². The summed E-state index contributed by atoms with van der Waals surface area (Å²) in [5.41, 5.74) is -3.35. The summed E-state index contributed by atoms with van der Waals surface area (Å²) in [6, 6.07) is 5.82. The van der Waals surface area contributed by atoms with Gasteiger partial charge in [-0.05, 0) is 48.7 Å². The predicted octanol–water partition coefficient (Wildman–Crippen LogP) is 6.94. The molecule has 2 atom stereocenters. The number of Topliss-reactive ketones (excluding diaryl/α,β-unsaturated/α-hetero) is 1. The number of aromatic hydroxyl groups is 1. The average molecular weight is 767 g/mol. The zero-order valence-corrected chi connectivity index (χ0v) is 28.9. The molecule has 0 spiro atoms. The molecule has 2 aromatic carbocycles. The Labute approximate surface area is 303 Å². The van der Waals surface area contributed by atoms with Crippen molar-refractivity contribution in [2.75, 3.05) is 13.7 Å². The molecule has 0 aliphatic heterocycles. The molecule has 3 aromatic rings. The number of rotatable bonds is 13. The Morgan fingerprint density at radius 3 is 2.49 bits per heavy atom. The van der Waals surface area contributed by atoms with Crippen LogP contribution in [0.1, 0.15) is 70.8 Å². The number of fused-ring (bicyclic) bond motifs is 1. The summed E-state index contributed by atoms with van der Waals surface area (Å²) in [7, 11) is 0.994. The topological polar surface area (TPSA) is 132 Å². The molecule has 0 unspecified atom stereocenters. The molecule has 1 heterocycles. The monoisotopic (exact) mass is 766 g/mol. The molecular weight excluding hydrogens is 734 g/mol. The summed E-state index contributed by atoms with van der Waals surface area (Å²) >= 11 is 5.19. The van der Waals surface area contributed by atoms with Crippen LogP contribution in [0.4, 0.5) is 31.1 Å². The van der Waals surface area contributed by atoms with E-state index in [1.54, 1.807) is 13.0 Å². The molecule has 1 aromatic heterocycles. The maximum absolute atomic E-state index is 13.9. The molecule has 0 amide bonds. The summed E-state index contributed by atoms with van der Waals surface area (Å²) in [6.45, 7) is 1.68. The fourth-order valence-corrected chi connectivity index (χ4v) is 5.58. The number of allylic oxidation sites excluding steroid dienone is 2. The van der Waals surface area contributed by atoms with Crippen molar-refractivity contribution < 1.29 is 64.8 Å². The third kappa shape index (κ3) is 9.81. The molecule has 2 N–H and O–H groups in total. The van der Waals surface area contributed by atoms with Gasteiger partial charge in [-0.15, -0.1) is 0 Å².